The molecular formula is C14H21N5. The fraction of sp³-hybridized carbons (Fsp3) is 0.500. The Labute approximate surface area is 114 Å². The van der Waals surface area contributed by atoms with Crippen LogP contribution in [0.5, 0.6) is 0 Å². The molecule has 0 spiro atoms. The lowest BCUT2D eigenvalue weighted by molar-refractivity contribution is 0.706. The Morgan fingerprint density at radius 3 is 2.58 bits per heavy atom. The van der Waals surface area contributed by atoms with Gasteiger partial charge in [0.15, 0.2) is 0 Å². The fourth-order valence-corrected chi connectivity index (χ4v) is 2.03. The maximum absolute atomic E-state index is 4.66. The summed E-state index contributed by atoms with van der Waals surface area (Å²) in [6.45, 7) is 9.92. The van der Waals surface area contributed by atoms with Gasteiger partial charge in [-0.3, -0.25) is 4.98 Å². The van der Waals surface area contributed by atoms with Crippen molar-refractivity contribution >= 4 is 5.82 Å². The van der Waals surface area contributed by atoms with Gasteiger partial charge in [-0.1, -0.05) is 0 Å². The molecule has 2 aromatic rings. The maximum Gasteiger partial charge on any atom is 0.148 e. The van der Waals surface area contributed by atoms with Crippen molar-refractivity contribution in [1.29, 1.82) is 0 Å². The third-order valence-corrected chi connectivity index (χ3v) is 3.19. The molecule has 0 fully saturated rings. The third kappa shape index (κ3) is 2.92. The van der Waals surface area contributed by atoms with Crippen molar-refractivity contribution in [2.45, 2.75) is 40.7 Å². The number of nitrogens with one attached hydrogen (secondary N) is 1. The van der Waals surface area contributed by atoms with Gasteiger partial charge in [0.1, 0.15) is 11.6 Å². The Balaban J connectivity index is 2.35. The molecule has 0 aliphatic heterocycles. The Morgan fingerprint density at radius 2 is 1.89 bits per heavy atom. The van der Waals surface area contributed by atoms with Crippen LogP contribution in [0.1, 0.15) is 36.8 Å². The number of aryl methyl sites for hydroxylation is 3. The zero-order valence-electron chi connectivity index (χ0n) is 12.1. The minimum absolute atomic E-state index is 0.706. The zero-order chi connectivity index (χ0) is 13.8. The van der Waals surface area contributed by atoms with E-state index in [1.165, 1.54) is 0 Å². The molecule has 0 bridgehead atoms. The Hall–Kier alpha value is -1.91. The molecule has 2 rings (SSSR count). The van der Waals surface area contributed by atoms with E-state index in [9.17, 15) is 0 Å². The van der Waals surface area contributed by atoms with Gasteiger partial charge >= 0.3 is 0 Å². The Kier molecular flexibility index (Phi) is 4.14. The van der Waals surface area contributed by atoms with Crippen LogP contribution in [0.3, 0.4) is 0 Å². The van der Waals surface area contributed by atoms with E-state index >= 15 is 0 Å². The largest absolute Gasteiger partial charge is 0.369 e. The lowest BCUT2D eigenvalue weighted by Crippen LogP contribution is -2.11. The highest BCUT2D eigenvalue weighted by Crippen LogP contribution is 2.16. The SMILES string of the molecule is CCNc1nc(C)c(C)nc1Cc1nccn1CC. The standard InChI is InChI=1S/C14H21N5/c1-5-15-14-12(17-10(3)11(4)18-14)9-13-16-7-8-19(13)6-2/h7-8H,5-6,9H2,1-4H3,(H,15,18). The second-order valence-corrected chi connectivity index (χ2v) is 4.53. The topological polar surface area (TPSA) is 55.6 Å². The third-order valence-electron chi connectivity index (χ3n) is 3.19. The first-order valence-electron chi connectivity index (χ1n) is 6.73. The van der Waals surface area contributed by atoms with Crippen molar-refractivity contribution in [2.75, 3.05) is 11.9 Å². The van der Waals surface area contributed by atoms with E-state index in [0.29, 0.717) is 6.42 Å². The number of rotatable bonds is 5. The Bertz CT molecular complexity index is 559. The number of hydrogen-bond acceptors (Lipinski definition) is 4. The van der Waals surface area contributed by atoms with Crippen molar-refractivity contribution in [1.82, 2.24) is 19.5 Å². The van der Waals surface area contributed by atoms with E-state index in [1.54, 1.807) is 0 Å². The highest BCUT2D eigenvalue weighted by molar-refractivity contribution is 5.43. The summed E-state index contributed by atoms with van der Waals surface area (Å²) in [6, 6.07) is 0. The molecule has 0 unspecified atom stereocenters. The number of hydrogen-bond donors (Lipinski definition) is 1. The van der Waals surface area contributed by atoms with Crippen LogP contribution >= 0.6 is 0 Å². The predicted molar refractivity (Wildman–Crippen MR) is 76.4 cm³/mol. The molecule has 2 aromatic heterocycles. The molecule has 0 aliphatic rings. The summed E-state index contributed by atoms with van der Waals surface area (Å²) in [5.74, 6) is 1.90. The first-order chi connectivity index (χ1) is 9.15. The van der Waals surface area contributed by atoms with Crippen LogP contribution in [0.2, 0.25) is 0 Å². The van der Waals surface area contributed by atoms with Gasteiger partial charge in [-0.05, 0) is 27.7 Å². The molecule has 5 heteroatoms. The van der Waals surface area contributed by atoms with Crippen LogP contribution in [-0.2, 0) is 13.0 Å². The van der Waals surface area contributed by atoms with Crippen molar-refractivity contribution in [3.8, 4) is 0 Å². The summed E-state index contributed by atoms with van der Waals surface area (Å²) in [4.78, 5) is 13.7. The summed E-state index contributed by atoms with van der Waals surface area (Å²) in [6.07, 6.45) is 4.54. The molecule has 0 aromatic carbocycles. The van der Waals surface area contributed by atoms with Crippen molar-refractivity contribution in [3.63, 3.8) is 0 Å². The predicted octanol–water partition coefficient (Wildman–Crippen LogP) is 2.33. The van der Waals surface area contributed by atoms with E-state index in [2.05, 4.69) is 38.7 Å². The molecule has 5 nitrogen and oxygen atoms in total. The molecule has 2 heterocycles. The maximum atomic E-state index is 4.66. The van der Waals surface area contributed by atoms with Gasteiger partial charge in [0.25, 0.3) is 0 Å². The molecule has 1 N–H and O–H groups in total. The van der Waals surface area contributed by atoms with Gasteiger partial charge < -0.3 is 9.88 Å². The molecule has 0 saturated carbocycles. The van der Waals surface area contributed by atoms with Gasteiger partial charge in [-0.15, -0.1) is 0 Å². The first kappa shape index (κ1) is 13.5. The molecular weight excluding hydrogens is 238 g/mol. The van der Waals surface area contributed by atoms with Crippen LogP contribution in [-0.4, -0.2) is 26.1 Å². The monoisotopic (exact) mass is 259 g/mol. The highest BCUT2D eigenvalue weighted by atomic mass is 15.1. The summed E-state index contributed by atoms with van der Waals surface area (Å²) in [5, 5.41) is 3.28. The Morgan fingerprint density at radius 1 is 1.16 bits per heavy atom. The van der Waals surface area contributed by atoms with Crippen molar-refractivity contribution < 1.29 is 0 Å². The van der Waals surface area contributed by atoms with Crippen LogP contribution < -0.4 is 5.32 Å². The van der Waals surface area contributed by atoms with Crippen LogP contribution in [0.15, 0.2) is 12.4 Å². The lowest BCUT2D eigenvalue weighted by atomic mass is 10.2. The van der Waals surface area contributed by atoms with Crippen LogP contribution in [0, 0.1) is 13.8 Å². The quantitative estimate of drug-likeness (QED) is 0.895. The number of nitrogens with zero attached hydrogens (tertiary/aromatic N) is 4. The van der Waals surface area contributed by atoms with Gasteiger partial charge in [0, 0.05) is 25.5 Å². The van der Waals surface area contributed by atoms with E-state index in [4.69, 9.17) is 0 Å². The summed E-state index contributed by atoms with van der Waals surface area (Å²) in [7, 11) is 0. The van der Waals surface area contributed by atoms with Crippen molar-refractivity contribution in [3.05, 3.63) is 35.3 Å². The molecule has 0 aliphatic carbocycles. The summed E-state index contributed by atoms with van der Waals surface area (Å²) < 4.78 is 2.13. The molecule has 102 valence electrons. The van der Waals surface area contributed by atoms with E-state index < -0.39 is 0 Å². The molecule has 0 atom stereocenters. The first-order valence-corrected chi connectivity index (χ1v) is 6.73. The minimum atomic E-state index is 0.706. The molecule has 0 amide bonds. The van der Waals surface area contributed by atoms with Gasteiger partial charge in [0.2, 0.25) is 0 Å². The minimum Gasteiger partial charge on any atom is -0.369 e. The fourth-order valence-electron chi connectivity index (χ4n) is 2.03. The highest BCUT2D eigenvalue weighted by Gasteiger charge is 2.12. The zero-order valence-corrected chi connectivity index (χ0v) is 12.1. The second kappa shape index (κ2) is 5.82. The molecule has 0 saturated heterocycles. The number of aromatic nitrogens is 4. The van der Waals surface area contributed by atoms with Gasteiger partial charge in [-0.25, -0.2) is 9.97 Å². The van der Waals surface area contributed by atoms with Gasteiger partial charge in [0.05, 0.1) is 23.5 Å². The molecule has 0 radical (unpaired) electrons. The van der Waals surface area contributed by atoms with E-state index in [1.807, 2.05) is 26.2 Å². The summed E-state index contributed by atoms with van der Waals surface area (Å²) >= 11 is 0. The van der Waals surface area contributed by atoms with Crippen LogP contribution in [0.25, 0.3) is 0 Å². The molecule has 19 heavy (non-hydrogen) atoms. The smallest absolute Gasteiger partial charge is 0.148 e. The average Bonchev–Trinajstić information content (AvgIpc) is 2.83. The second-order valence-electron chi connectivity index (χ2n) is 4.53. The normalized spacial score (nSPS) is 10.7. The number of anilines is 1. The lowest BCUT2D eigenvalue weighted by Gasteiger charge is -2.12. The van der Waals surface area contributed by atoms with Gasteiger partial charge in [-0.2, -0.15) is 0 Å². The van der Waals surface area contributed by atoms with Crippen LogP contribution in [0.4, 0.5) is 5.82 Å². The number of imidazole rings is 1. The van der Waals surface area contributed by atoms with E-state index in [-0.39, 0.29) is 0 Å². The van der Waals surface area contributed by atoms with Crippen molar-refractivity contribution in [2.24, 2.45) is 0 Å². The van der Waals surface area contributed by atoms with E-state index in [0.717, 1.165) is 41.8 Å². The average molecular weight is 259 g/mol. The summed E-state index contributed by atoms with van der Waals surface area (Å²) in [5.41, 5.74) is 2.91.